The van der Waals surface area contributed by atoms with Crippen molar-refractivity contribution in [2.45, 2.75) is 90.8 Å². The number of fused-ring (bicyclic) bond motifs is 1. The molecule has 1 aliphatic heterocycles. The summed E-state index contributed by atoms with van der Waals surface area (Å²) in [6.45, 7) is 9.02. The van der Waals surface area contributed by atoms with Gasteiger partial charge < -0.3 is 20.1 Å². The first-order valence-corrected chi connectivity index (χ1v) is 15.7. The number of piperidine rings is 1. The monoisotopic (exact) mass is 602 g/mol. The van der Waals surface area contributed by atoms with Gasteiger partial charge in [-0.25, -0.2) is 28.7 Å². The van der Waals surface area contributed by atoms with Gasteiger partial charge in [0.15, 0.2) is 11.6 Å². The Morgan fingerprint density at radius 2 is 1.66 bits per heavy atom. The molecule has 0 bridgehead atoms. The number of anilines is 2. The summed E-state index contributed by atoms with van der Waals surface area (Å²) in [6.07, 6.45) is 9.43. The first kappa shape index (κ1) is 30.1. The highest BCUT2D eigenvalue weighted by Gasteiger charge is 2.27. The van der Waals surface area contributed by atoms with E-state index in [1.165, 1.54) is 38.2 Å². The normalized spacial score (nSPS) is 16.7. The van der Waals surface area contributed by atoms with Crippen LogP contribution in [0.25, 0.3) is 22.3 Å². The lowest BCUT2D eigenvalue weighted by molar-refractivity contribution is 0.0698. The van der Waals surface area contributed by atoms with E-state index in [0.717, 1.165) is 32.1 Å². The number of nitrogens with zero attached hydrogens (tertiary/aromatic N) is 6. The number of aromatic nitrogens is 5. The maximum atomic E-state index is 15.1. The molecule has 11 heteroatoms. The average Bonchev–Trinajstić information content (AvgIpc) is 3.35. The van der Waals surface area contributed by atoms with Gasteiger partial charge in [-0.15, -0.1) is 0 Å². The van der Waals surface area contributed by atoms with Crippen molar-refractivity contribution >= 4 is 28.7 Å². The van der Waals surface area contributed by atoms with Gasteiger partial charge in [0.25, 0.3) is 5.91 Å². The Balaban J connectivity index is 1.15. The molecule has 1 aromatic carbocycles. The molecule has 4 heterocycles. The van der Waals surface area contributed by atoms with Crippen molar-refractivity contribution in [3.8, 4) is 11.3 Å². The summed E-state index contributed by atoms with van der Waals surface area (Å²) in [5, 5.41) is 6.83. The fourth-order valence-corrected chi connectivity index (χ4v) is 6.68. The number of benzene rings is 1. The van der Waals surface area contributed by atoms with Crippen molar-refractivity contribution < 1.29 is 13.6 Å². The number of rotatable bonds is 7. The fourth-order valence-electron chi connectivity index (χ4n) is 6.68. The topological polar surface area (TPSA) is 101 Å². The molecule has 0 atom stereocenters. The van der Waals surface area contributed by atoms with Gasteiger partial charge in [0.05, 0.1) is 23.0 Å². The van der Waals surface area contributed by atoms with Crippen molar-refractivity contribution in [2.24, 2.45) is 0 Å². The Kier molecular flexibility index (Phi) is 8.57. The lowest BCUT2D eigenvalue weighted by atomic mass is 9.93. The van der Waals surface area contributed by atoms with Crippen LogP contribution in [0.5, 0.6) is 0 Å². The molecule has 1 saturated heterocycles. The number of carbonyl (C=O) groups is 1. The van der Waals surface area contributed by atoms with E-state index in [2.05, 4.69) is 30.6 Å². The number of imidazole rings is 1. The van der Waals surface area contributed by atoms with Crippen LogP contribution >= 0.6 is 0 Å². The first-order chi connectivity index (χ1) is 21.2. The molecule has 44 heavy (non-hydrogen) atoms. The summed E-state index contributed by atoms with van der Waals surface area (Å²) in [4.78, 5) is 32.6. The third-order valence-corrected chi connectivity index (χ3v) is 8.87. The van der Waals surface area contributed by atoms with E-state index >= 15 is 4.39 Å². The van der Waals surface area contributed by atoms with Crippen molar-refractivity contribution in [3.63, 3.8) is 0 Å². The number of amides is 1. The quantitative estimate of drug-likeness (QED) is 0.245. The average molecular weight is 603 g/mol. The minimum absolute atomic E-state index is 0.0220. The summed E-state index contributed by atoms with van der Waals surface area (Å²) in [7, 11) is 0. The molecule has 2 N–H and O–H groups in total. The molecular formula is C33H40F2N8O. The second-order valence-electron chi connectivity index (χ2n) is 12.4. The van der Waals surface area contributed by atoms with Crippen molar-refractivity contribution in [2.75, 3.05) is 18.4 Å². The van der Waals surface area contributed by atoms with Gasteiger partial charge in [0.2, 0.25) is 5.95 Å². The molecule has 6 rings (SSSR count). The SMILES string of the molecule is Cc1nc(Nc2ncc(F)c(-c3cc(F)c4nc(C)n(C(C)C)c4c3)n2)ccc1C(=O)N1CCC(NC2CCCCC2)CC1. The van der Waals surface area contributed by atoms with E-state index in [-0.39, 0.29) is 34.7 Å². The van der Waals surface area contributed by atoms with Crippen molar-refractivity contribution in [1.29, 1.82) is 0 Å². The smallest absolute Gasteiger partial charge is 0.255 e. The summed E-state index contributed by atoms with van der Waals surface area (Å²) in [5.74, 6) is -0.0438. The van der Waals surface area contributed by atoms with Crippen LogP contribution in [0.3, 0.4) is 0 Å². The van der Waals surface area contributed by atoms with E-state index in [1.807, 2.05) is 30.2 Å². The van der Waals surface area contributed by atoms with Crippen molar-refractivity contribution in [1.82, 2.24) is 34.7 Å². The van der Waals surface area contributed by atoms with Gasteiger partial charge in [-0.3, -0.25) is 4.79 Å². The molecule has 232 valence electrons. The van der Waals surface area contributed by atoms with E-state index in [9.17, 15) is 9.18 Å². The lowest BCUT2D eigenvalue weighted by Crippen LogP contribution is -2.48. The number of hydrogen-bond donors (Lipinski definition) is 2. The zero-order chi connectivity index (χ0) is 31.0. The maximum Gasteiger partial charge on any atom is 0.255 e. The maximum absolute atomic E-state index is 15.1. The molecule has 4 aromatic rings. The van der Waals surface area contributed by atoms with Crippen LogP contribution in [0.15, 0.2) is 30.5 Å². The van der Waals surface area contributed by atoms with Gasteiger partial charge in [-0.1, -0.05) is 19.3 Å². The van der Waals surface area contributed by atoms with Gasteiger partial charge >= 0.3 is 0 Å². The van der Waals surface area contributed by atoms with E-state index in [4.69, 9.17) is 0 Å². The highest BCUT2D eigenvalue weighted by molar-refractivity contribution is 5.95. The van der Waals surface area contributed by atoms with E-state index < -0.39 is 11.6 Å². The van der Waals surface area contributed by atoms with Crippen LogP contribution in [0.4, 0.5) is 20.5 Å². The van der Waals surface area contributed by atoms with Crippen molar-refractivity contribution in [3.05, 3.63) is 59.2 Å². The van der Waals surface area contributed by atoms with Crippen LogP contribution in [0, 0.1) is 25.5 Å². The number of carbonyl (C=O) groups excluding carboxylic acids is 1. The van der Waals surface area contributed by atoms with Crippen LogP contribution < -0.4 is 10.6 Å². The Morgan fingerprint density at radius 1 is 0.932 bits per heavy atom. The van der Waals surface area contributed by atoms with Crippen LogP contribution in [-0.2, 0) is 0 Å². The zero-order valence-electron chi connectivity index (χ0n) is 25.8. The fraction of sp³-hybridized carbons (Fsp3) is 0.485. The van der Waals surface area contributed by atoms with Gasteiger partial charge in [-0.05, 0) is 77.6 Å². The molecule has 9 nitrogen and oxygen atoms in total. The van der Waals surface area contributed by atoms with Crippen LogP contribution in [0.1, 0.15) is 86.7 Å². The predicted octanol–water partition coefficient (Wildman–Crippen LogP) is 6.63. The molecule has 2 fully saturated rings. The third-order valence-electron chi connectivity index (χ3n) is 8.87. The number of nitrogens with one attached hydrogen (secondary N) is 2. The molecule has 1 aliphatic carbocycles. The van der Waals surface area contributed by atoms with E-state index in [0.29, 0.717) is 40.5 Å². The minimum atomic E-state index is -0.676. The zero-order valence-corrected chi connectivity index (χ0v) is 25.8. The summed E-state index contributed by atoms with van der Waals surface area (Å²) < 4.78 is 31.9. The number of halogens is 2. The third kappa shape index (κ3) is 6.15. The molecule has 1 amide bonds. The summed E-state index contributed by atoms with van der Waals surface area (Å²) >= 11 is 0. The summed E-state index contributed by atoms with van der Waals surface area (Å²) in [5.41, 5.74) is 2.18. The van der Waals surface area contributed by atoms with Gasteiger partial charge in [0.1, 0.15) is 22.9 Å². The lowest BCUT2D eigenvalue weighted by Gasteiger charge is -2.35. The Bertz CT molecular complexity index is 1670. The molecule has 3 aromatic heterocycles. The first-order valence-electron chi connectivity index (χ1n) is 15.7. The standard InChI is InChI=1S/C33H40F2N8O/c1-19(2)43-21(4)38-31-26(34)16-22(17-28(31)43)30-27(35)18-36-33(41-30)40-29-11-10-25(20(3)37-29)32(44)42-14-12-24(13-15-42)39-23-8-6-5-7-9-23/h10-11,16-19,23-24,39H,5-9,12-15H2,1-4H3,(H,36,37,40,41). The Morgan fingerprint density at radius 3 is 2.36 bits per heavy atom. The van der Waals surface area contributed by atoms with Gasteiger partial charge in [0, 0.05) is 36.8 Å². The van der Waals surface area contributed by atoms with Crippen LogP contribution in [0.2, 0.25) is 0 Å². The Labute approximate surface area is 256 Å². The van der Waals surface area contributed by atoms with Crippen LogP contribution in [-0.4, -0.2) is 60.5 Å². The molecule has 2 aliphatic rings. The molecule has 0 radical (unpaired) electrons. The number of pyridine rings is 1. The second kappa shape index (κ2) is 12.6. The largest absolute Gasteiger partial charge is 0.338 e. The Hall–Kier alpha value is -3.99. The molecular weight excluding hydrogens is 562 g/mol. The highest BCUT2D eigenvalue weighted by atomic mass is 19.1. The highest BCUT2D eigenvalue weighted by Crippen LogP contribution is 2.31. The number of hydrogen-bond acceptors (Lipinski definition) is 7. The summed E-state index contributed by atoms with van der Waals surface area (Å²) in [6, 6.07) is 7.52. The number of aryl methyl sites for hydroxylation is 2. The molecule has 0 unspecified atom stereocenters. The minimum Gasteiger partial charge on any atom is -0.338 e. The molecule has 1 saturated carbocycles. The molecule has 0 spiro atoms. The number of likely N-dealkylation sites (tertiary alicyclic amines) is 1. The predicted molar refractivity (Wildman–Crippen MR) is 167 cm³/mol. The van der Waals surface area contributed by atoms with Gasteiger partial charge in [-0.2, -0.15) is 0 Å². The second-order valence-corrected chi connectivity index (χ2v) is 12.4. The van der Waals surface area contributed by atoms with E-state index in [1.54, 1.807) is 25.1 Å².